The minimum atomic E-state index is -4.07. The summed E-state index contributed by atoms with van der Waals surface area (Å²) in [5.74, 6) is -1.29. The molecule has 1 unspecified atom stereocenters. The Balaban J connectivity index is 2.20. The van der Waals surface area contributed by atoms with Crippen LogP contribution in [0.5, 0.6) is 0 Å². The Kier molecular flexibility index (Phi) is 3.50. The molecular formula is C12H11NO5S. The fourth-order valence-electron chi connectivity index (χ4n) is 1.59. The van der Waals surface area contributed by atoms with Gasteiger partial charge in [0.1, 0.15) is 0 Å². The number of benzene rings is 1. The molecule has 0 saturated carbocycles. The Morgan fingerprint density at radius 1 is 1.26 bits per heavy atom. The molecule has 2 rings (SSSR count). The highest BCUT2D eigenvalue weighted by Gasteiger charge is 2.35. The highest BCUT2D eigenvalue weighted by Crippen LogP contribution is 2.18. The second-order valence-corrected chi connectivity index (χ2v) is 5.50. The molecule has 0 aliphatic carbocycles. The molecule has 7 heteroatoms. The van der Waals surface area contributed by atoms with Gasteiger partial charge < -0.3 is 0 Å². The summed E-state index contributed by atoms with van der Waals surface area (Å²) in [7, 11) is -4.07. The molecule has 1 atom stereocenters. The fraction of sp³-hybridized carbons (Fsp3) is 0.167. The molecule has 19 heavy (non-hydrogen) atoms. The van der Waals surface area contributed by atoms with Crippen molar-refractivity contribution in [3.05, 3.63) is 36.4 Å². The zero-order valence-corrected chi connectivity index (χ0v) is 10.6. The van der Waals surface area contributed by atoms with Crippen LogP contribution in [0.25, 0.3) is 6.08 Å². The van der Waals surface area contributed by atoms with Crippen LogP contribution in [0.15, 0.2) is 35.7 Å². The Labute approximate surface area is 110 Å². The van der Waals surface area contributed by atoms with Gasteiger partial charge >= 0.3 is 0 Å². The standard InChI is InChI=1S/C12H11NO5S/c1-2-8-3-5-9(6-4-8)19(16,17)18-10-7-11(14)13-12(10)15/h2-6,10H,1,7H2,(H,13,14,15). The van der Waals surface area contributed by atoms with Crippen LogP contribution in [0.1, 0.15) is 12.0 Å². The van der Waals surface area contributed by atoms with E-state index in [4.69, 9.17) is 4.18 Å². The van der Waals surface area contributed by atoms with Crippen LogP contribution in [0.4, 0.5) is 0 Å². The SMILES string of the molecule is C=Cc1ccc(S(=O)(=O)OC2CC(=O)NC2=O)cc1. The van der Waals surface area contributed by atoms with E-state index in [9.17, 15) is 18.0 Å². The lowest BCUT2D eigenvalue weighted by Crippen LogP contribution is -2.28. The first-order valence-corrected chi connectivity index (χ1v) is 6.83. The summed E-state index contributed by atoms with van der Waals surface area (Å²) in [6, 6.07) is 5.81. The molecule has 1 heterocycles. The van der Waals surface area contributed by atoms with Gasteiger partial charge in [-0.05, 0) is 17.7 Å². The van der Waals surface area contributed by atoms with Crippen molar-refractivity contribution in [3.63, 3.8) is 0 Å². The smallest absolute Gasteiger partial charge is 0.294 e. The van der Waals surface area contributed by atoms with E-state index in [1.54, 1.807) is 18.2 Å². The van der Waals surface area contributed by atoms with E-state index >= 15 is 0 Å². The average Bonchev–Trinajstić information content (AvgIpc) is 2.67. The number of carbonyl (C=O) groups is 2. The van der Waals surface area contributed by atoms with Gasteiger partial charge in [-0.2, -0.15) is 8.42 Å². The maximum Gasteiger partial charge on any atom is 0.297 e. The fourth-order valence-corrected chi connectivity index (χ4v) is 2.63. The van der Waals surface area contributed by atoms with Gasteiger partial charge in [0, 0.05) is 0 Å². The summed E-state index contributed by atoms with van der Waals surface area (Å²) < 4.78 is 28.6. The minimum absolute atomic E-state index is 0.0785. The van der Waals surface area contributed by atoms with Crippen molar-refractivity contribution < 1.29 is 22.2 Å². The first-order chi connectivity index (χ1) is 8.92. The molecule has 1 aromatic rings. The molecule has 0 spiro atoms. The van der Waals surface area contributed by atoms with Gasteiger partial charge in [-0.1, -0.05) is 24.8 Å². The summed E-state index contributed by atoms with van der Waals surface area (Å²) in [5, 5.41) is 1.98. The van der Waals surface area contributed by atoms with Crippen LogP contribution in [-0.4, -0.2) is 26.3 Å². The Morgan fingerprint density at radius 3 is 2.37 bits per heavy atom. The molecule has 1 aliphatic rings. The average molecular weight is 281 g/mol. The molecule has 0 radical (unpaired) electrons. The highest BCUT2D eigenvalue weighted by molar-refractivity contribution is 7.86. The number of hydrogen-bond acceptors (Lipinski definition) is 5. The minimum Gasteiger partial charge on any atom is -0.294 e. The quantitative estimate of drug-likeness (QED) is 0.639. The van der Waals surface area contributed by atoms with Crippen LogP contribution in [-0.2, 0) is 23.9 Å². The number of nitrogens with one attached hydrogen (secondary N) is 1. The third kappa shape index (κ3) is 2.88. The largest absolute Gasteiger partial charge is 0.297 e. The van der Waals surface area contributed by atoms with Crippen molar-refractivity contribution >= 4 is 28.0 Å². The molecule has 1 saturated heterocycles. The first kappa shape index (κ1) is 13.4. The molecular weight excluding hydrogens is 270 g/mol. The van der Waals surface area contributed by atoms with Crippen molar-refractivity contribution in [2.45, 2.75) is 17.4 Å². The van der Waals surface area contributed by atoms with Crippen LogP contribution in [0.2, 0.25) is 0 Å². The van der Waals surface area contributed by atoms with Gasteiger partial charge in [-0.15, -0.1) is 0 Å². The number of hydrogen-bond donors (Lipinski definition) is 1. The molecule has 100 valence electrons. The van der Waals surface area contributed by atoms with Crippen LogP contribution >= 0.6 is 0 Å². The van der Waals surface area contributed by atoms with Crippen molar-refractivity contribution in [1.82, 2.24) is 5.32 Å². The zero-order chi connectivity index (χ0) is 14.0. The summed E-state index contributed by atoms with van der Waals surface area (Å²) in [5.41, 5.74) is 0.757. The summed E-state index contributed by atoms with van der Waals surface area (Å²) in [6.07, 6.45) is -0.0139. The van der Waals surface area contributed by atoms with E-state index in [2.05, 4.69) is 6.58 Å². The summed E-state index contributed by atoms with van der Waals surface area (Å²) >= 11 is 0. The van der Waals surface area contributed by atoms with E-state index in [0.717, 1.165) is 5.56 Å². The van der Waals surface area contributed by atoms with E-state index in [-0.39, 0.29) is 11.3 Å². The molecule has 6 nitrogen and oxygen atoms in total. The maximum absolute atomic E-state index is 11.9. The zero-order valence-electron chi connectivity index (χ0n) is 9.83. The van der Waals surface area contributed by atoms with Gasteiger partial charge in [-0.25, -0.2) is 0 Å². The van der Waals surface area contributed by atoms with E-state index in [1.807, 2.05) is 5.32 Å². The van der Waals surface area contributed by atoms with Crippen molar-refractivity contribution in [3.8, 4) is 0 Å². The number of amides is 2. The predicted octanol–water partition coefficient (Wildman–Crippen LogP) is 0.450. The van der Waals surface area contributed by atoms with Gasteiger partial charge in [0.15, 0.2) is 6.10 Å². The van der Waals surface area contributed by atoms with Crippen molar-refractivity contribution in [2.75, 3.05) is 0 Å². The maximum atomic E-state index is 11.9. The highest BCUT2D eigenvalue weighted by atomic mass is 32.2. The third-order valence-corrected chi connectivity index (χ3v) is 3.91. The van der Waals surface area contributed by atoms with E-state index in [1.165, 1.54) is 12.1 Å². The summed E-state index contributed by atoms with van der Waals surface area (Å²) in [4.78, 5) is 22.1. The van der Waals surface area contributed by atoms with Gasteiger partial charge in [0.05, 0.1) is 11.3 Å². The molecule has 1 aliphatic heterocycles. The van der Waals surface area contributed by atoms with E-state index < -0.39 is 28.0 Å². The lowest BCUT2D eigenvalue weighted by molar-refractivity contribution is -0.126. The molecule has 1 N–H and O–H groups in total. The van der Waals surface area contributed by atoms with Crippen LogP contribution in [0, 0.1) is 0 Å². The van der Waals surface area contributed by atoms with Gasteiger partial charge in [0.2, 0.25) is 5.91 Å². The molecule has 2 amide bonds. The second-order valence-electron chi connectivity index (χ2n) is 3.93. The van der Waals surface area contributed by atoms with Gasteiger partial charge in [0.25, 0.3) is 16.0 Å². The molecule has 0 aromatic heterocycles. The monoisotopic (exact) mass is 281 g/mol. The number of rotatable bonds is 4. The Morgan fingerprint density at radius 2 is 1.89 bits per heavy atom. The lowest BCUT2D eigenvalue weighted by atomic mass is 10.2. The number of carbonyl (C=O) groups excluding carboxylic acids is 2. The van der Waals surface area contributed by atoms with Crippen LogP contribution in [0.3, 0.4) is 0 Å². The van der Waals surface area contributed by atoms with Crippen LogP contribution < -0.4 is 5.32 Å². The molecule has 1 fully saturated rings. The van der Waals surface area contributed by atoms with Crippen molar-refractivity contribution in [1.29, 1.82) is 0 Å². The molecule has 0 bridgehead atoms. The van der Waals surface area contributed by atoms with Gasteiger partial charge in [-0.3, -0.25) is 19.1 Å². The Bertz CT molecular complexity index is 633. The third-order valence-electron chi connectivity index (χ3n) is 2.57. The van der Waals surface area contributed by atoms with E-state index in [0.29, 0.717) is 0 Å². The summed E-state index contributed by atoms with van der Waals surface area (Å²) in [6.45, 7) is 3.55. The topological polar surface area (TPSA) is 89.5 Å². The predicted molar refractivity (Wildman–Crippen MR) is 66.4 cm³/mol. The Hall–Kier alpha value is -1.99. The molecule has 1 aromatic carbocycles. The lowest BCUT2D eigenvalue weighted by Gasteiger charge is -2.09. The number of imide groups is 1. The van der Waals surface area contributed by atoms with Crippen molar-refractivity contribution in [2.24, 2.45) is 0 Å². The normalized spacial score (nSPS) is 19.3. The second kappa shape index (κ2) is 4.94. The first-order valence-electron chi connectivity index (χ1n) is 5.42.